The fourth-order valence-electron chi connectivity index (χ4n) is 3.40. The molecule has 1 N–H and O–H groups in total. The maximum atomic E-state index is 9.53. The summed E-state index contributed by atoms with van der Waals surface area (Å²) >= 11 is 2.67. The van der Waals surface area contributed by atoms with Gasteiger partial charge in [0.05, 0.1) is 0 Å². The summed E-state index contributed by atoms with van der Waals surface area (Å²) < 4.78 is 10.1. The molecular weight excluding hydrogens is 626 g/mol. The number of carboxylic acid groups (broad SMARTS) is 1. The van der Waals surface area contributed by atoms with E-state index in [-0.39, 0.29) is 6.42 Å². The molecule has 0 rings (SSSR count). The van der Waals surface area contributed by atoms with E-state index >= 15 is 0 Å². The largest absolute Gasteiger partial charge is 0.792 e. The predicted octanol–water partition coefficient (Wildman–Crippen LogP) is 9.77. The Morgan fingerprint density at radius 1 is 0.656 bits per heavy atom. The standard InChI is InChI=1S/6C4H9.C3H6O2S.2Sn/c6*1-3-4-2;4-3(5)1-2-6;;/h6*1,3-4H2,2H3;6H,1-2H2,(H,4,5);;/q;;;;;;;;+1/p-1. The molecule has 0 aliphatic rings. The zero-order valence-electron chi connectivity index (χ0n) is 22.9. The van der Waals surface area contributed by atoms with Gasteiger partial charge in [-0.3, -0.25) is 4.79 Å². The Balaban J connectivity index is -0.000000422. The quantitative estimate of drug-likeness (QED) is 0.103. The monoisotopic (exact) mass is 687 g/mol. The Morgan fingerprint density at radius 3 is 1.16 bits per heavy atom. The second-order valence-corrected chi connectivity index (χ2v) is 26.5. The first-order chi connectivity index (χ1) is 15.5. The first kappa shape index (κ1) is 38.0. The number of carbonyl (C=O) groups is 1. The molecule has 0 amide bonds. The van der Waals surface area contributed by atoms with Crippen LogP contribution in [0, 0.1) is 0 Å². The minimum atomic E-state index is -0.839. The Labute approximate surface area is 223 Å². The van der Waals surface area contributed by atoms with Gasteiger partial charge in [-0.15, -0.1) is 0 Å². The number of carboxylic acids is 1. The van der Waals surface area contributed by atoms with Gasteiger partial charge in [-0.25, -0.2) is 0 Å². The summed E-state index contributed by atoms with van der Waals surface area (Å²) in [5, 5.41) is 7.85. The number of aliphatic carboxylic acids is 1. The average Bonchev–Trinajstić information content (AvgIpc) is 2.79. The van der Waals surface area contributed by atoms with Crippen LogP contribution in [0.1, 0.15) is 125 Å². The van der Waals surface area contributed by atoms with Gasteiger partial charge in [0, 0.05) is 6.42 Å². The Kier molecular flexibility index (Phi) is 41.0. The van der Waals surface area contributed by atoms with Crippen molar-refractivity contribution in [1.82, 2.24) is 0 Å². The van der Waals surface area contributed by atoms with E-state index in [0.717, 1.165) is 0 Å². The molecule has 0 bridgehead atoms. The molecule has 193 valence electrons. The molecule has 32 heavy (non-hydrogen) atoms. The van der Waals surface area contributed by atoms with Crippen molar-refractivity contribution in [2.45, 2.75) is 152 Å². The van der Waals surface area contributed by atoms with Gasteiger partial charge in [0.2, 0.25) is 0 Å². The van der Waals surface area contributed by atoms with Crippen LogP contribution in [0.5, 0.6) is 0 Å². The summed E-state index contributed by atoms with van der Waals surface area (Å²) in [4.78, 5) is 9.53. The number of rotatable bonds is 20. The fraction of sp³-hybridized carbons (Fsp3) is 0.963. The third-order valence-corrected chi connectivity index (χ3v) is 24.0. The van der Waals surface area contributed by atoms with Crippen molar-refractivity contribution < 1.29 is 9.90 Å². The summed E-state index contributed by atoms with van der Waals surface area (Å²) in [6, 6.07) is 0. The molecule has 0 fully saturated rings. The van der Waals surface area contributed by atoms with Gasteiger partial charge >= 0.3 is 191 Å². The molecule has 0 spiro atoms. The molecule has 0 atom stereocenters. The molecule has 0 aliphatic carbocycles. The average molecular weight is 685 g/mol. The van der Waals surface area contributed by atoms with Gasteiger partial charge in [0.15, 0.2) is 0 Å². The van der Waals surface area contributed by atoms with Crippen LogP contribution < -0.4 is 0 Å². The normalized spacial score (nSPS) is 10.2. The van der Waals surface area contributed by atoms with Gasteiger partial charge in [0.1, 0.15) is 0 Å². The number of hydrogen-bond donors (Lipinski definition) is 1. The van der Waals surface area contributed by atoms with Crippen molar-refractivity contribution in [3.05, 3.63) is 0 Å². The molecule has 0 aromatic heterocycles. The van der Waals surface area contributed by atoms with Crippen molar-refractivity contribution in [3.63, 3.8) is 0 Å². The van der Waals surface area contributed by atoms with E-state index in [4.69, 9.17) is 5.11 Å². The minimum absolute atomic E-state index is 0.106. The van der Waals surface area contributed by atoms with E-state index in [2.05, 4.69) is 54.2 Å². The van der Waals surface area contributed by atoms with E-state index in [9.17, 15) is 4.79 Å². The molecule has 0 aliphatic heterocycles. The second-order valence-electron chi connectivity index (χ2n) is 8.97. The van der Waals surface area contributed by atoms with Crippen LogP contribution >= 0.6 is 0 Å². The van der Waals surface area contributed by atoms with E-state index in [1.54, 1.807) is 26.6 Å². The molecule has 0 saturated heterocycles. The molecule has 0 aromatic rings. The van der Waals surface area contributed by atoms with Crippen LogP contribution in [0.25, 0.3) is 0 Å². The third kappa shape index (κ3) is 36.0. The van der Waals surface area contributed by atoms with E-state index in [1.165, 1.54) is 77.0 Å². The maximum Gasteiger partial charge on any atom is 0.301 e. The van der Waals surface area contributed by atoms with Gasteiger partial charge in [-0.05, 0) is 0 Å². The smallest absolute Gasteiger partial charge is 0.301 e. The van der Waals surface area contributed by atoms with Crippen molar-refractivity contribution >= 4 is 58.1 Å². The van der Waals surface area contributed by atoms with Crippen LogP contribution in [-0.4, -0.2) is 56.3 Å². The minimum Gasteiger partial charge on any atom is -0.792 e. The van der Waals surface area contributed by atoms with Crippen molar-refractivity contribution in [3.8, 4) is 0 Å². The van der Waals surface area contributed by atoms with E-state index in [1.807, 2.05) is 0 Å². The van der Waals surface area contributed by atoms with Crippen LogP contribution in [0.2, 0.25) is 26.6 Å². The summed E-state index contributed by atoms with van der Waals surface area (Å²) in [7, 11) is 0. The molecule has 5 heteroatoms. The molecule has 0 aromatic carbocycles. The summed E-state index contributed by atoms with van der Waals surface area (Å²) in [5.41, 5.74) is 0. The van der Waals surface area contributed by atoms with E-state index < -0.39 is 45.5 Å². The van der Waals surface area contributed by atoms with Crippen LogP contribution in [0.3, 0.4) is 0 Å². The molecular formula is C27H59O2SSn2. The molecule has 0 unspecified atom stereocenters. The molecule has 1 radical (unpaired) electrons. The van der Waals surface area contributed by atoms with Gasteiger partial charge in [-0.2, -0.15) is 5.75 Å². The predicted molar refractivity (Wildman–Crippen MR) is 154 cm³/mol. The SMILES string of the molecule is CCC[CH2][Sn+]([CH2]CCC)[CH2]CCC.CCC[CH2][Sn]([CH2]CCC)[CH2]CCC.O=C(O)CC[S-]. The summed E-state index contributed by atoms with van der Waals surface area (Å²) in [6.45, 7) is 14.0. The third-order valence-electron chi connectivity index (χ3n) is 5.62. The second kappa shape index (κ2) is 34.6. The van der Waals surface area contributed by atoms with Crippen molar-refractivity contribution in [2.24, 2.45) is 0 Å². The van der Waals surface area contributed by atoms with Gasteiger partial charge in [-0.1, -0.05) is 0 Å². The van der Waals surface area contributed by atoms with Gasteiger partial charge in [0.25, 0.3) is 0 Å². The first-order valence-corrected chi connectivity index (χ1v) is 26.6. The van der Waals surface area contributed by atoms with Crippen LogP contribution in [-0.2, 0) is 17.4 Å². The topological polar surface area (TPSA) is 37.3 Å². The summed E-state index contributed by atoms with van der Waals surface area (Å²) in [6.07, 6.45) is 17.8. The van der Waals surface area contributed by atoms with Crippen molar-refractivity contribution in [1.29, 1.82) is 0 Å². The van der Waals surface area contributed by atoms with Crippen LogP contribution in [0.4, 0.5) is 0 Å². The maximum absolute atomic E-state index is 9.53. The summed E-state index contributed by atoms with van der Waals surface area (Å²) in [5.74, 6) is -0.500. The zero-order valence-corrected chi connectivity index (χ0v) is 29.4. The Hall–Kier alpha value is 1.42. The number of hydrogen-bond acceptors (Lipinski definition) is 2. The molecule has 0 saturated carbocycles. The van der Waals surface area contributed by atoms with Gasteiger partial charge < -0.3 is 17.7 Å². The fourth-order valence-corrected chi connectivity index (χ4v) is 22.5. The van der Waals surface area contributed by atoms with Crippen LogP contribution in [0.15, 0.2) is 0 Å². The Bertz CT molecular complexity index is 282. The number of unbranched alkanes of at least 4 members (excludes halogenated alkanes) is 6. The Morgan fingerprint density at radius 2 is 0.969 bits per heavy atom. The molecule has 2 nitrogen and oxygen atoms in total. The molecule has 0 heterocycles. The van der Waals surface area contributed by atoms with E-state index in [0.29, 0.717) is 5.75 Å². The first-order valence-electron chi connectivity index (χ1n) is 13.9. The van der Waals surface area contributed by atoms with Crippen molar-refractivity contribution in [2.75, 3.05) is 5.75 Å². The zero-order chi connectivity index (χ0) is 24.9.